The first-order valence-electron chi connectivity index (χ1n) is 10.6. The van der Waals surface area contributed by atoms with Gasteiger partial charge in [-0.3, -0.25) is 14.8 Å². The molecule has 1 atom stereocenters. The molecule has 0 saturated heterocycles. The lowest BCUT2D eigenvalue weighted by molar-refractivity contribution is -0.137. The third kappa shape index (κ3) is 5.77. The number of halogens is 4. The van der Waals surface area contributed by atoms with Crippen molar-refractivity contribution >= 4 is 26.8 Å². The highest BCUT2D eigenvalue weighted by molar-refractivity contribution is 7.89. The Balaban J connectivity index is 1.39. The van der Waals surface area contributed by atoms with Gasteiger partial charge in [-0.15, -0.1) is 0 Å². The molecular formula is C24H19F4N3O4S. The molecule has 0 spiro atoms. The van der Waals surface area contributed by atoms with Crippen LogP contribution in [0.25, 0.3) is 22.2 Å². The summed E-state index contributed by atoms with van der Waals surface area (Å²) in [7, 11) is -4.18. The van der Waals surface area contributed by atoms with E-state index >= 15 is 0 Å². The summed E-state index contributed by atoms with van der Waals surface area (Å²) in [5, 5.41) is -0.173. The van der Waals surface area contributed by atoms with Gasteiger partial charge in [-0.05, 0) is 55.3 Å². The van der Waals surface area contributed by atoms with Crippen molar-refractivity contribution in [1.29, 1.82) is 0 Å². The van der Waals surface area contributed by atoms with Crippen LogP contribution in [0.4, 0.5) is 17.6 Å². The maximum Gasteiger partial charge on any atom is 0.417 e. The van der Waals surface area contributed by atoms with Gasteiger partial charge in [-0.1, -0.05) is 0 Å². The van der Waals surface area contributed by atoms with Crippen LogP contribution in [-0.2, 0) is 27.4 Å². The fourth-order valence-electron chi connectivity index (χ4n) is 3.46. The summed E-state index contributed by atoms with van der Waals surface area (Å²) in [4.78, 5) is 20.5. The maximum absolute atomic E-state index is 13.4. The van der Waals surface area contributed by atoms with E-state index in [0.29, 0.717) is 11.1 Å². The van der Waals surface area contributed by atoms with Gasteiger partial charge < -0.3 is 4.42 Å². The summed E-state index contributed by atoms with van der Waals surface area (Å²) in [5.74, 6) is -0.949. The number of ketones is 1. The number of hydrogen-bond donors (Lipinski definition) is 1. The van der Waals surface area contributed by atoms with Crippen LogP contribution in [0.1, 0.15) is 24.5 Å². The van der Waals surface area contributed by atoms with Crippen LogP contribution >= 0.6 is 0 Å². The third-order valence-electron chi connectivity index (χ3n) is 5.38. The number of hydrogen-bond acceptors (Lipinski definition) is 6. The Morgan fingerprint density at radius 1 is 1.08 bits per heavy atom. The van der Waals surface area contributed by atoms with Gasteiger partial charge in [0.2, 0.25) is 5.09 Å². The number of rotatable bonds is 8. The van der Waals surface area contributed by atoms with E-state index in [-0.39, 0.29) is 29.5 Å². The van der Waals surface area contributed by atoms with E-state index in [4.69, 9.17) is 4.42 Å². The van der Waals surface area contributed by atoms with Gasteiger partial charge in [0.1, 0.15) is 11.4 Å². The highest BCUT2D eigenvalue weighted by Crippen LogP contribution is 2.30. The van der Waals surface area contributed by atoms with Crippen LogP contribution in [-0.4, -0.2) is 30.2 Å². The lowest BCUT2D eigenvalue weighted by Crippen LogP contribution is -2.38. The molecule has 7 nitrogen and oxygen atoms in total. The minimum Gasteiger partial charge on any atom is -0.443 e. The van der Waals surface area contributed by atoms with Crippen LogP contribution in [0.2, 0.25) is 0 Å². The quantitative estimate of drug-likeness (QED) is 0.331. The molecule has 4 rings (SSSR count). The highest BCUT2D eigenvalue weighted by Gasteiger charge is 2.30. The van der Waals surface area contributed by atoms with Crippen LogP contribution in [0.3, 0.4) is 0 Å². The predicted molar refractivity (Wildman–Crippen MR) is 122 cm³/mol. The molecule has 1 aromatic carbocycles. The molecule has 0 fully saturated rings. The molecule has 0 unspecified atom stereocenters. The molecule has 0 amide bonds. The molecule has 12 heteroatoms. The second kappa shape index (κ2) is 9.78. The fourth-order valence-corrected chi connectivity index (χ4v) is 4.65. The number of carbonyl (C=O) groups is 1. The number of furan rings is 1. The zero-order valence-electron chi connectivity index (χ0n) is 18.7. The summed E-state index contributed by atoms with van der Waals surface area (Å²) in [6.45, 7) is 1.39. The van der Waals surface area contributed by atoms with Crippen LogP contribution < -0.4 is 4.72 Å². The zero-order chi connectivity index (χ0) is 26.1. The van der Waals surface area contributed by atoms with Crippen LogP contribution in [0.15, 0.2) is 70.6 Å². The van der Waals surface area contributed by atoms with Crippen molar-refractivity contribution in [1.82, 2.24) is 14.7 Å². The van der Waals surface area contributed by atoms with Gasteiger partial charge in [0, 0.05) is 42.0 Å². The smallest absolute Gasteiger partial charge is 0.417 e. The number of aromatic nitrogens is 2. The Labute approximate surface area is 203 Å². The standard InChI is InChI=1S/C24H19F4N3O4S/c1-14(31-36(33,34)23-10-16-9-19(25)4-7-22(16)35-23)21(32)6-2-15-8-17(12-29-11-15)20-5-3-18(13-30-20)24(26,27)28/h3-5,7-14,31H,2,6H2,1H3/t14-/m0/s1. The summed E-state index contributed by atoms with van der Waals surface area (Å²) in [6, 6.07) is 7.48. The molecule has 0 radical (unpaired) electrons. The summed E-state index contributed by atoms with van der Waals surface area (Å²) < 4.78 is 84.4. The molecule has 3 heterocycles. The summed E-state index contributed by atoms with van der Waals surface area (Å²) in [6.07, 6.45) is -0.624. The predicted octanol–water partition coefficient (Wildman–Crippen LogP) is 4.92. The van der Waals surface area contributed by atoms with Crippen LogP contribution in [0.5, 0.6) is 0 Å². The molecule has 36 heavy (non-hydrogen) atoms. The zero-order valence-corrected chi connectivity index (χ0v) is 19.5. The van der Waals surface area contributed by atoms with E-state index in [0.717, 1.165) is 24.4 Å². The number of benzene rings is 1. The van der Waals surface area contributed by atoms with Gasteiger partial charge in [-0.2, -0.15) is 17.9 Å². The Morgan fingerprint density at radius 3 is 2.56 bits per heavy atom. The summed E-state index contributed by atoms with van der Waals surface area (Å²) in [5.41, 5.74) is 0.703. The van der Waals surface area contributed by atoms with Gasteiger partial charge >= 0.3 is 6.18 Å². The van der Waals surface area contributed by atoms with Crippen molar-refractivity contribution in [2.45, 2.75) is 37.1 Å². The molecule has 1 N–H and O–H groups in total. The van der Waals surface area contributed by atoms with Crippen molar-refractivity contribution in [3.63, 3.8) is 0 Å². The minimum atomic E-state index is -4.49. The van der Waals surface area contributed by atoms with Gasteiger partial charge in [-0.25, -0.2) is 12.8 Å². The molecule has 0 aliphatic heterocycles. The molecular weight excluding hydrogens is 502 g/mol. The molecule has 0 bridgehead atoms. The average molecular weight is 521 g/mol. The van der Waals surface area contributed by atoms with Crippen molar-refractivity contribution < 1.29 is 35.2 Å². The number of alkyl halides is 3. The van der Waals surface area contributed by atoms with Crippen molar-refractivity contribution in [2.24, 2.45) is 0 Å². The number of nitrogens with one attached hydrogen (secondary N) is 1. The van der Waals surface area contributed by atoms with E-state index in [1.165, 1.54) is 37.5 Å². The highest BCUT2D eigenvalue weighted by atomic mass is 32.2. The van der Waals surface area contributed by atoms with E-state index in [1.807, 2.05) is 0 Å². The monoisotopic (exact) mass is 521 g/mol. The maximum atomic E-state index is 13.4. The van der Waals surface area contributed by atoms with Crippen molar-refractivity contribution in [2.75, 3.05) is 0 Å². The van der Waals surface area contributed by atoms with Crippen molar-refractivity contribution in [3.05, 3.63) is 78.0 Å². The second-order valence-electron chi connectivity index (χ2n) is 8.07. The first-order chi connectivity index (χ1) is 16.9. The molecule has 3 aromatic heterocycles. The van der Waals surface area contributed by atoms with Crippen molar-refractivity contribution in [3.8, 4) is 11.3 Å². The minimum absolute atomic E-state index is 0.0272. The lowest BCUT2D eigenvalue weighted by Gasteiger charge is -2.12. The first-order valence-corrected chi connectivity index (χ1v) is 12.1. The average Bonchev–Trinajstić information content (AvgIpc) is 3.26. The van der Waals surface area contributed by atoms with E-state index in [9.17, 15) is 30.8 Å². The molecule has 0 saturated carbocycles. The number of pyridine rings is 2. The number of aryl methyl sites for hydroxylation is 1. The fraction of sp³-hybridized carbons (Fsp3) is 0.208. The Bertz CT molecular complexity index is 1520. The molecule has 4 aromatic rings. The lowest BCUT2D eigenvalue weighted by atomic mass is 10.0. The van der Waals surface area contributed by atoms with E-state index in [1.54, 1.807) is 6.07 Å². The number of sulfonamides is 1. The van der Waals surface area contributed by atoms with Crippen LogP contribution in [0, 0.1) is 5.82 Å². The Morgan fingerprint density at radius 2 is 1.86 bits per heavy atom. The molecule has 0 aliphatic rings. The van der Waals surface area contributed by atoms with Gasteiger partial charge in [0.15, 0.2) is 5.78 Å². The summed E-state index contributed by atoms with van der Waals surface area (Å²) >= 11 is 0. The Kier molecular flexibility index (Phi) is 6.92. The van der Waals surface area contributed by atoms with Gasteiger partial charge in [0.25, 0.3) is 10.0 Å². The number of carbonyl (C=O) groups excluding carboxylic acids is 1. The third-order valence-corrected chi connectivity index (χ3v) is 6.77. The number of Topliss-reactive ketones (excluding diaryl/α,β-unsaturated/α-hetero) is 1. The van der Waals surface area contributed by atoms with E-state index < -0.39 is 44.5 Å². The van der Waals surface area contributed by atoms with E-state index in [2.05, 4.69) is 14.7 Å². The normalized spacial score (nSPS) is 13.1. The first kappa shape index (κ1) is 25.5. The SMILES string of the molecule is C[C@H](NS(=O)(=O)c1cc2cc(F)ccc2o1)C(=O)CCc1cncc(-c2ccc(C(F)(F)F)cn2)c1. The number of fused-ring (bicyclic) bond motifs is 1. The Hall–Kier alpha value is -3.64. The second-order valence-corrected chi connectivity index (χ2v) is 9.71. The topological polar surface area (TPSA) is 102 Å². The van der Waals surface area contributed by atoms with Gasteiger partial charge in [0.05, 0.1) is 17.3 Å². The molecule has 0 aliphatic carbocycles. The molecule has 188 valence electrons. The number of nitrogens with zero attached hydrogens (tertiary/aromatic N) is 2. The largest absolute Gasteiger partial charge is 0.443 e.